The number of hydrogen-bond donors (Lipinski definition) is 3. The van der Waals surface area contributed by atoms with E-state index in [0.717, 1.165) is 50.3 Å². The number of nitrogen functional groups attached to an aromatic ring is 1. The molecule has 3 rings (SSSR count). The molecule has 2 aromatic rings. The summed E-state index contributed by atoms with van der Waals surface area (Å²) >= 11 is 0. The van der Waals surface area contributed by atoms with Crippen molar-refractivity contribution in [2.24, 2.45) is 0 Å². The highest BCUT2D eigenvalue weighted by molar-refractivity contribution is 5.68. The van der Waals surface area contributed by atoms with E-state index in [1.165, 1.54) is 12.1 Å². The van der Waals surface area contributed by atoms with E-state index in [1.54, 1.807) is 6.07 Å². The molecule has 9 heteroatoms. The number of likely N-dealkylation sites (N-methyl/N-ethyl adjacent to an activating group) is 1. The summed E-state index contributed by atoms with van der Waals surface area (Å²) in [5, 5.41) is 17.6. The van der Waals surface area contributed by atoms with Gasteiger partial charge in [0.15, 0.2) is 0 Å². The molecule has 1 saturated heterocycles. The number of rotatable bonds is 8. The lowest BCUT2D eigenvalue weighted by Crippen LogP contribution is -2.30. The Morgan fingerprint density at radius 2 is 2.18 bits per heavy atom. The van der Waals surface area contributed by atoms with Crippen molar-refractivity contribution in [1.82, 2.24) is 15.3 Å². The van der Waals surface area contributed by atoms with Gasteiger partial charge in [-0.2, -0.15) is 4.98 Å². The number of aryl methyl sites for hydroxylation is 1. The molecular weight excluding hydrogens is 358 g/mol. The van der Waals surface area contributed by atoms with Crippen LogP contribution in [0.5, 0.6) is 0 Å². The maximum absolute atomic E-state index is 11.1. The van der Waals surface area contributed by atoms with Crippen molar-refractivity contribution < 1.29 is 4.92 Å². The minimum Gasteiger partial charge on any atom is -0.393 e. The molecule has 28 heavy (non-hydrogen) atoms. The lowest BCUT2D eigenvalue weighted by Gasteiger charge is -2.19. The Morgan fingerprint density at radius 1 is 1.36 bits per heavy atom. The van der Waals surface area contributed by atoms with Crippen LogP contribution in [0.2, 0.25) is 0 Å². The number of nitrogens with one attached hydrogen (secondary N) is 2. The highest BCUT2D eigenvalue weighted by atomic mass is 16.6. The van der Waals surface area contributed by atoms with Crippen molar-refractivity contribution in [2.75, 3.05) is 36.1 Å². The summed E-state index contributed by atoms with van der Waals surface area (Å²) in [6.07, 6.45) is 4.06. The Kier molecular flexibility index (Phi) is 6.25. The molecule has 1 atom stereocenters. The average molecular weight is 385 g/mol. The zero-order chi connectivity index (χ0) is 20.1. The second-order valence-corrected chi connectivity index (χ2v) is 7.02. The smallest absolute Gasteiger partial charge is 0.294 e. The molecule has 4 N–H and O–H groups in total. The Balaban J connectivity index is 1.88. The van der Waals surface area contributed by atoms with Gasteiger partial charge < -0.3 is 21.3 Å². The number of nitro groups is 1. The predicted octanol–water partition coefficient (Wildman–Crippen LogP) is 2.85. The third-order valence-electron chi connectivity index (χ3n) is 4.96. The Morgan fingerprint density at radius 3 is 2.86 bits per heavy atom. The van der Waals surface area contributed by atoms with Gasteiger partial charge in [-0.1, -0.05) is 13.3 Å². The van der Waals surface area contributed by atoms with Crippen LogP contribution < -0.4 is 21.3 Å². The van der Waals surface area contributed by atoms with Crippen LogP contribution in [0.4, 0.5) is 28.8 Å². The van der Waals surface area contributed by atoms with Crippen LogP contribution in [0, 0.1) is 10.1 Å². The first-order chi connectivity index (χ1) is 13.5. The van der Waals surface area contributed by atoms with Crippen molar-refractivity contribution in [2.45, 2.75) is 38.6 Å². The van der Waals surface area contributed by atoms with E-state index >= 15 is 0 Å². The fourth-order valence-corrected chi connectivity index (χ4v) is 3.30. The lowest BCUT2D eigenvalue weighted by molar-refractivity contribution is -0.383. The van der Waals surface area contributed by atoms with Crippen LogP contribution >= 0.6 is 0 Å². The van der Waals surface area contributed by atoms with Crippen LogP contribution in [0.3, 0.4) is 0 Å². The zero-order valence-electron chi connectivity index (χ0n) is 16.3. The fourth-order valence-electron chi connectivity index (χ4n) is 3.30. The van der Waals surface area contributed by atoms with Crippen LogP contribution in [-0.4, -0.2) is 41.1 Å². The minimum atomic E-state index is -0.493. The first-order valence-electron chi connectivity index (χ1n) is 9.61. The normalized spacial score (nSPS) is 16.4. The van der Waals surface area contributed by atoms with E-state index in [4.69, 9.17) is 5.73 Å². The molecule has 0 bridgehead atoms. The lowest BCUT2D eigenvalue weighted by atomic mass is 10.2. The number of nitro benzene ring substituents is 1. The van der Waals surface area contributed by atoms with E-state index < -0.39 is 4.92 Å². The molecule has 0 radical (unpaired) electrons. The maximum Gasteiger partial charge on any atom is 0.294 e. The van der Waals surface area contributed by atoms with Crippen LogP contribution in [-0.2, 0) is 6.42 Å². The molecule has 1 aliphatic heterocycles. The van der Waals surface area contributed by atoms with Gasteiger partial charge in [-0.15, -0.1) is 0 Å². The third kappa shape index (κ3) is 4.66. The van der Waals surface area contributed by atoms with E-state index in [0.29, 0.717) is 17.7 Å². The molecule has 0 aliphatic carbocycles. The number of aromatic nitrogens is 2. The summed E-state index contributed by atoms with van der Waals surface area (Å²) in [6, 6.07) is 7.11. The standard InChI is InChI=1S/C19H27N7O2/c1-3-4-5-13-11-18(25-9-8-15(12-25)21-2)24-19(22-13)23-14-6-7-16(20)17(10-14)26(27)28/h6-7,10-11,15,21H,3-5,8-9,12,20H2,1-2H3,(H,22,23,24). The van der Waals surface area contributed by atoms with Gasteiger partial charge in [-0.05, 0) is 38.4 Å². The predicted molar refractivity (Wildman–Crippen MR) is 111 cm³/mol. The molecule has 150 valence electrons. The molecule has 1 aromatic heterocycles. The van der Waals surface area contributed by atoms with Gasteiger partial charge in [-0.3, -0.25) is 10.1 Å². The van der Waals surface area contributed by atoms with Crippen molar-refractivity contribution in [3.05, 3.63) is 40.1 Å². The van der Waals surface area contributed by atoms with E-state index in [1.807, 2.05) is 13.1 Å². The molecule has 1 fully saturated rings. The van der Waals surface area contributed by atoms with E-state index in [9.17, 15) is 10.1 Å². The fraction of sp³-hybridized carbons (Fsp3) is 0.474. The molecular formula is C19H27N7O2. The summed E-state index contributed by atoms with van der Waals surface area (Å²) in [4.78, 5) is 22.2. The number of benzene rings is 1. The summed E-state index contributed by atoms with van der Waals surface area (Å²) in [5.41, 5.74) is 7.18. The average Bonchev–Trinajstić information content (AvgIpc) is 3.17. The summed E-state index contributed by atoms with van der Waals surface area (Å²) < 4.78 is 0. The SMILES string of the molecule is CCCCc1cc(N2CCC(NC)C2)nc(Nc2ccc(N)c([N+](=O)[O-])c2)n1. The van der Waals surface area contributed by atoms with Gasteiger partial charge >= 0.3 is 0 Å². The number of anilines is 4. The second kappa shape index (κ2) is 8.83. The Hall–Kier alpha value is -2.94. The van der Waals surface area contributed by atoms with Gasteiger partial charge in [0, 0.05) is 42.6 Å². The van der Waals surface area contributed by atoms with Crippen molar-refractivity contribution in [1.29, 1.82) is 0 Å². The molecule has 0 saturated carbocycles. The van der Waals surface area contributed by atoms with Gasteiger partial charge in [0.2, 0.25) is 5.95 Å². The van der Waals surface area contributed by atoms with Gasteiger partial charge in [-0.25, -0.2) is 4.98 Å². The highest BCUT2D eigenvalue weighted by Crippen LogP contribution is 2.27. The van der Waals surface area contributed by atoms with Crippen molar-refractivity contribution >= 4 is 28.8 Å². The largest absolute Gasteiger partial charge is 0.393 e. The Bertz CT molecular complexity index is 843. The number of nitrogens with zero attached hydrogens (tertiary/aromatic N) is 4. The van der Waals surface area contributed by atoms with Crippen LogP contribution in [0.25, 0.3) is 0 Å². The number of hydrogen-bond acceptors (Lipinski definition) is 8. The monoisotopic (exact) mass is 385 g/mol. The molecule has 1 aromatic carbocycles. The molecule has 1 unspecified atom stereocenters. The first kappa shape index (κ1) is 19.8. The molecule has 0 spiro atoms. The zero-order valence-corrected chi connectivity index (χ0v) is 16.3. The Labute approximate surface area is 164 Å². The number of nitrogens with two attached hydrogens (primary N) is 1. The van der Waals surface area contributed by atoms with Gasteiger partial charge in [0.1, 0.15) is 11.5 Å². The topological polar surface area (TPSA) is 122 Å². The third-order valence-corrected chi connectivity index (χ3v) is 4.96. The number of unbranched alkanes of at least 4 members (excludes halogenated alkanes) is 1. The quantitative estimate of drug-likeness (QED) is 0.360. The molecule has 0 amide bonds. The summed E-state index contributed by atoms with van der Waals surface area (Å²) in [7, 11) is 1.97. The van der Waals surface area contributed by atoms with Crippen molar-refractivity contribution in [3.63, 3.8) is 0 Å². The first-order valence-corrected chi connectivity index (χ1v) is 9.61. The summed E-state index contributed by atoms with van der Waals surface area (Å²) in [6.45, 7) is 3.97. The molecule has 2 heterocycles. The van der Waals surface area contributed by atoms with E-state index in [2.05, 4.69) is 32.4 Å². The van der Waals surface area contributed by atoms with Crippen LogP contribution in [0.15, 0.2) is 24.3 Å². The van der Waals surface area contributed by atoms with Crippen LogP contribution in [0.1, 0.15) is 31.9 Å². The molecule has 1 aliphatic rings. The minimum absolute atomic E-state index is 0.129. The molecule has 9 nitrogen and oxygen atoms in total. The maximum atomic E-state index is 11.1. The highest BCUT2D eigenvalue weighted by Gasteiger charge is 2.23. The second-order valence-electron chi connectivity index (χ2n) is 7.02. The van der Waals surface area contributed by atoms with Gasteiger partial charge in [0.05, 0.1) is 4.92 Å². The van der Waals surface area contributed by atoms with Gasteiger partial charge in [0.25, 0.3) is 5.69 Å². The van der Waals surface area contributed by atoms with E-state index in [-0.39, 0.29) is 11.4 Å². The van der Waals surface area contributed by atoms with Crippen molar-refractivity contribution in [3.8, 4) is 0 Å². The summed E-state index contributed by atoms with van der Waals surface area (Å²) in [5.74, 6) is 1.32.